The van der Waals surface area contributed by atoms with E-state index in [1.807, 2.05) is 0 Å². The molecule has 22 heteroatoms. The third-order valence-electron chi connectivity index (χ3n) is 17.0. The van der Waals surface area contributed by atoms with Gasteiger partial charge in [0.2, 0.25) is 29.5 Å². The molecule has 1 fully saturated rings. The van der Waals surface area contributed by atoms with Crippen molar-refractivity contribution in [1.82, 2.24) is 30.4 Å². The zero-order valence-corrected chi connectivity index (χ0v) is 48.6. The van der Waals surface area contributed by atoms with E-state index >= 15 is 4.39 Å². The number of ketones is 4. The number of ether oxygens (including phenoxy) is 2. The molecule has 454 valence electrons. The molecule has 5 amide bonds. The van der Waals surface area contributed by atoms with Gasteiger partial charge in [-0.2, -0.15) is 0 Å². The quantitative estimate of drug-likeness (QED) is 0.0167. The van der Waals surface area contributed by atoms with Crippen LogP contribution >= 0.6 is 0 Å². The Kier molecular flexibility index (Phi) is 21.2. The van der Waals surface area contributed by atoms with Gasteiger partial charge >= 0.3 is 5.97 Å². The van der Waals surface area contributed by atoms with Crippen molar-refractivity contribution in [2.24, 2.45) is 17.6 Å². The van der Waals surface area contributed by atoms with Gasteiger partial charge in [-0.05, 0) is 99.1 Å². The number of halogens is 1. The summed E-state index contributed by atoms with van der Waals surface area (Å²) in [5.74, 6) is -5.92. The maximum Gasteiger partial charge on any atom is 0.343 e. The minimum Gasteiger partial charge on any atom is -0.458 e. The molecule has 5 heterocycles. The van der Waals surface area contributed by atoms with Gasteiger partial charge in [-0.15, -0.1) is 0 Å². The van der Waals surface area contributed by atoms with E-state index in [1.54, 1.807) is 57.2 Å². The number of nitrogens with one attached hydrogen (secondary N) is 3. The van der Waals surface area contributed by atoms with Gasteiger partial charge in [0.1, 0.15) is 31.5 Å². The fraction of sp³-hybridized carbons (Fsp3) is 0.524. The number of hydrogen-bond acceptors (Lipinski definition) is 16. The minimum absolute atomic E-state index is 0.0165. The second kappa shape index (κ2) is 28.5. The first kappa shape index (κ1) is 63.3. The van der Waals surface area contributed by atoms with Crippen LogP contribution in [0.3, 0.4) is 0 Å². The normalized spacial score (nSPS) is 18.3. The van der Waals surface area contributed by atoms with Crippen LogP contribution < -0.4 is 27.2 Å². The summed E-state index contributed by atoms with van der Waals surface area (Å²) >= 11 is 0. The van der Waals surface area contributed by atoms with Crippen LogP contribution in [0, 0.1) is 24.6 Å². The third kappa shape index (κ3) is 14.9. The zero-order valence-electron chi connectivity index (χ0n) is 48.6. The molecule has 0 radical (unpaired) electrons. The van der Waals surface area contributed by atoms with Crippen LogP contribution in [0.5, 0.6) is 0 Å². The molecule has 0 spiro atoms. The number of rotatable bonds is 32. The van der Waals surface area contributed by atoms with Crippen LogP contribution in [0.1, 0.15) is 161 Å². The molecule has 8 rings (SSSR count). The lowest BCUT2D eigenvalue weighted by Gasteiger charge is -2.31. The highest BCUT2D eigenvalue weighted by molar-refractivity contribution is 6.03. The van der Waals surface area contributed by atoms with Gasteiger partial charge in [0.15, 0.2) is 23.0 Å². The van der Waals surface area contributed by atoms with Crippen LogP contribution in [0.15, 0.2) is 47.3 Å². The Morgan fingerprint density at radius 3 is 2.39 bits per heavy atom. The van der Waals surface area contributed by atoms with Crippen molar-refractivity contribution in [3.8, 4) is 11.4 Å². The number of carbonyl (C=O) groups excluding carboxylic acids is 10. The van der Waals surface area contributed by atoms with E-state index in [-0.39, 0.29) is 144 Å². The highest BCUT2D eigenvalue weighted by Crippen LogP contribution is 2.47. The number of esters is 1. The number of fused-ring (bicyclic) bond motifs is 5. The van der Waals surface area contributed by atoms with Crippen molar-refractivity contribution in [2.45, 2.75) is 167 Å². The highest BCUT2D eigenvalue weighted by Gasteiger charge is 2.46. The van der Waals surface area contributed by atoms with Crippen LogP contribution in [0.25, 0.3) is 22.3 Å². The lowest BCUT2D eigenvalue weighted by Crippen LogP contribution is -2.44. The number of nitrogens with two attached hydrogens (primary N) is 1. The van der Waals surface area contributed by atoms with Crippen molar-refractivity contribution in [3.05, 3.63) is 97.6 Å². The van der Waals surface area contributed by atoms with Gasteiger partial charge in [-0.3, -0.25) is 52.8 Å². The number of cyclic esters (lactones) is 1. The molecule has 0 bridgehead atoms. The summed E-state index contributed by atoms with van der Waals surface area (Å²) in [4.78, 5) is 150. The molecule has 0 saturated carbocycles. The number of amides is 5. The first-order valence-corrected chi connectivity index (χ1v) is 29.6. The number of Topliss-reactive ketones (excluding diaryl/α,β-unsaturated/α-hetero) is 4. The zero-order chi connectivity index (χ0) is 61.1. The van der Waals surface area contributed by atoms with Crippen molar-refractivity contribution in [1.29, 1.82) is 0 Å². The number of aliphatic hydroxyl groups is 1. The summed E-state index contributed by atoms with van der Waals surface area (Å²) < 4.78 is 27.8. The summed E-state index contributed by atoms with van der Waals surface area (Å²) in [6.07, 6.45) is 3.76. The molecule has 3 aliphatic heterocycles. The molecule has 21 nitrogen and oxygen atoms in total. The van der Waals surface area contributed by atoms with Crippen LogP contribution in [-0.4, -0.2) is 117 Å². The molecule has 1 aliphatic carbocycles. The number of benzene rings is 2. The number of aryl methyl sites for hydroxylation is 1. The molecule has 6 N–H and O–H groups in total. The predicted molar refractivity (Wildman–Crippen MR) is 307 cm³/mol. The summed E-state index contributed by atoms with van der Waals surface area (Å²) in [5, 5.41) is 20.0. The Hall–Kier alpha value is -7.69. The fourth-order valence-corrected chi connectivity index (χ4v) is 12.1. The van der Waals surface area contributed by atoms with E-state index in [2.05, 4.69) is 16.0 Å². The van der Waals surface area contributed by atoms with E-state index < -0.39 is 64.2 Å². The number of likely N-dealkylation sites (tertiary alicyclic amines) is 1. The summed E-state index contributed by atoms with van der Waals surface area (Å²) in [5.41, 5.74) is 7.99. The molecule has 1 unspecified atom stereocenters. The van der Waals surface area contributed by atoms with E-state index in [9.17, 15) is 57.8 Å². The van der Waals surface area contributed by atoms with E-state index in [0.717, 1.165) is 22.1 Å². The Bertz CT molecular complexity index is 3350. The Morgan fingerprint density at radius 2 is 1.66 bits per heavy atom. The number of unbranched alkanes of at least 4 members (excludes halogenated alkanes) is 3. The standard InChI is InChI=1S/C63H76FN7O14/c1-4-63(83)47-29-51-58-45(32-71(51)61(81)46(47)34-85-62(63)82)56-39(17-19-44-37(3)48(64)30-50(69-58)57(44)56)27-43(74)33-84-35-67-53(76)22-20-52(75)49(26-38-13-7-5-8-14-38)68-54(77)21-18-42(73)31-66-59(79)40(15-10-11-23-65)28-41(72)16-9-6-12-24-70-55(78)25-36(2)60(70)80/h5,7-8,13-14,29-30,36,39-40,49,83H,4,6,9-12,15-28,31-35,65H2,1-3H3,(H,66,79)(H,67,76)(H,68,77)/t36?,39-,40-,49+,63+/m1/s1. The number of aromatic nitrogens is 2. The number of hydrogen-bond donors (Lipinski definition) is 5. The lowest BCUT2D eigenvalue weighted by atomic mass is 9.76. The maximum absolute atomic E-state index is 15.4. The van der Waals surface area contributed by atoms with E-state index in [1.165, 1.54) is 15.5 Å². The van der Waals surface area contributed by atoms with E-state index in [0.29, 0.717) is 92.5 Å². The molecule has 4 aromatic rings. The van der Waals surface area contributed by atoms with Crippen molar-refractivity contribution in [2.75, 3.05) is 33.0 Å². The van der Waals surface area contributed by atoms with Crippen LogP contribution in [0.2, 0.25) is 0 Å². The lowest BCUT2D eigenvalue weighted by molar-refractivity contribution is -0.172. The monoisotopic (exact) mass is 1170 g/mol. The smallest absolute Gasteiger partial charge is 0.343 e. The summed E-state index contributed by atoms with van der Waals surface area (Å²) in [6, 6.07) is 10.8. The molecule has 85 heavy (non-hydrogen) atoms. The second-order valence-corrected chi connectivity index (χ2v) is 22.9. The minimum atomic E-state index is -2.04. The number of pyridine rings is 2. The van der Waals surface area contributed by atoms with Crippen LogP contribution in [0.4, 0.5) is 4.39 Å². The van der Waals surface area contributed by atoms with Crippen molar-refractivity contribution in [3.63, 3.8) is 0 Å². The molecular weight excluding hydrogens is 1100 g/mol. The predicted octanol–water partition coefficient (Wildman–Crippen LogP) is 4.81. The Morgan fingerprint density at radius 1 is 0.894 bits per heavy atom. The summed E-state index contributed by atoms with van der Waals surface area (Å²) in [7, 11) is 0. The molecule has 2 aromatic heterocycles. The second-order valence-electron chi connectivity index (χ2n) is 22.9. The fourth-order valence-electron chi connectivity index (χ4n) is 12.1. The number of imide groups is 1. The highest BCUT2D eigenvalue weighted by atomic mass is 19.1. The first-order chi connectivity index (χ1) is 40.7. The maximum atomic E-state index is 15.4. The van der Waals surface area contributed by atoms with Crippen molar-refractivity contribution < 1.29 is 66.9 Å². The Labute approximate surface area is 491 Å². The average molecular weight is 1170 g/mol. The van der Waals surface area contributed by atoms with Crippen molar-refractivity contribution >= 4 is 69.5 Å². The van der Waals surface area contributed by atoms with Gasteiger partial charge in [0, 0.05) is 92.3 Å². The number of carbonyl (C=O) groups is 10. The SMILES string of the molecule is CC[C@@]1(O)C(=O)OCc2c1cc1n(c2=O)Cc2c-1nc1cc(F)c(C)c3c1c2[C@@H](CC(=O)COCNC(=O)CCC(=O)[C@H](Cc1ccccc1)NC(=O)CCC(=O)CNC(=O)[C@H](CCCCN)CC(=O)CCCCCN1C(=O)CC(C)C1=O)CC3. The largest absolute Gasteiger partial charge is 0.458 e. The molecule has 2 aromatic carbocycles. The topological polar surface area (TPSA) is 310 Å². The van der Waals surface area contributed by atoms with E-state index in [4.69, 9.17) is 20.2 Å². The van der Waals surface area contributed by atoms with Gasteiger partial charge in [0.25, 0.3) is 5.56 Å². The summed E-state index contributed by atoms with van der Waals surface area (Å²) in [6.45, 7) is 4.46. The van der Waals surface area contributed by atoms with Gasteiger partial charge in [-0.1, -0.05) is 57.0 Å². The molecule has 1 saturated heterocycles. The number of nitrogens with zero attached hydrogens (tertiary/aromatic N) is 3. The third-order valence-corrected chi connectivity index (χ3v) is 17.0. The average Bonchev–Trinajstić information content (AvgIpc) is 1.67. The van der Waals surface area contributed by atoms with Gasteiger partial charge < -0.3 is 40.8 Å². The van der Waals surface area contributed by atoms with Crippen LogP contribution in [-0.2, 0) is 89.0 Å². The first-order valence-electron chi connectivity index (χ1n) is 29.6. The van der Waals surface area contributed by atoms with Gasteiger partial charge in [-0.25, -0.2) is 14.2 Å². The molecule has 5 atom stereocenters. The Balaban J connectivity index is 0.791. The molecular formula is C63H76FN7O14. The van der Waals surface area contributed by atoms with Gasteiger partial charge in [0.05, 0.1) is 41.6 Å². The molecule has 4 aliphatic rings.